The van der Waals surface area contributed by atoms with Gasteiger partial charge in [-0.1, -0.05) is 42.5 Å². The van der Waals surface area contributed by atoms with Gasteiger partial charge in [0.1, 0.15) is 6.61 Å². The summed E-state index contributed by atoms with van der Waals surface area (Å²) in [4.78, 5) is 25.8. The molecule has 3 aliphatic rings. The molecule has 0 saturated carbocycles. The number of ether oxygens (including phenoxy) is 2. The van der Waals surface area contributed by atoms with Crippen molar-refractivity contribution in [1.82, 2.24) is 4.90 Å². The lowest BCUT2D eigenvalue weighted by atomic mass is 9.78. The van der Waals surface area contributed by atoms with E-state index in [4.69, 9.17) is 9.47 Å². The summed E-state index contributed by atoms with van der Waals surface area (Å²) in [5, 5.41) is 0. The van der Waals surface area contributed by atoms with Crippen LogP contribution in [0.15, 0.2) is 42.5 Å². The Hall–Kier alpha value is -2.30. The molecule has 2 heterocycles. The molecular weight excluding hydrogens is 282 g/mol. The van der Waals surface area contributed by atoms with Crippen LogP contribution in [0.5, 0.6) is 0 Å². The van der Waals surface area contributed by atoms with Crippen LogP contribution in [0.3, 0.4) is 0 Å². The van der Waals surface area contributed by atoms with Crippen LogP contribution >= 0.6 is 0 Å². The molecule has 0 radical (unpaired) electrons. The highest BCUT2D eigenvalue weighted by atomic mass is 16.6. The van der Waals surface area contributed by atoms with E-state index in [9.17, 15) is 9.59 Å². The molecule has 1 fully saturated rings. The van der Waals surface area contributed by atoms with Gasteiger partial charge < -0.3 is 14.4 Å². The molecule has 2 aliphatic heterocycles. The molecule has 5 nitrogen and oxygen atoms in total. The number of carbonyl (C=O) groups is 2. The third kappa shape index (κ3) is 2.84. The first-order chi connectivity index (χ1) is 10.7. The predicted octanol–water partition coefficient (Wildman–Crippen LogP) is 2.37. The van der Waals surface area contributed by atoms with E-state index in [-0.39, 0.29) is 36.5 Å². The minimum Gasteiger partial charge on any atom is -0.469 e. The average Bonchev–Trinajstić information content (AvgIpc) is 2.60. The molecule has 0 spiro atoms. The van der Waals surface area contributed by atoms with E-state index in [2.05, 4.69) is 6.08 Å². The number of benzene rings is 1. The summed E-state index contributed by atoms with van der Waals surface area (Å²) in [5.41, 5.74) is 0.943. The third-order valence-electron chi connectivity index (χ3n) is 4.28. The smallest absolute Gasteiger partial charge is 0.410 e. The zero-order chi connectivity index (χ0) is 15.5. The second-order valence-corrected chi connectivity index (χ2v) is 5.69. The lowest BCUT2D eigenvalue weighted by Crippen LogP contribution is -2.55. The summed E-state index contributed by atoms with van der Waals surface area (Å²) in [5.74, 6) is -0.365. The number of esters is 1. The number of piperidine rings is 1. The molecular formula is C17H19NO4. The fourth-order valence-corrected chi connectivity index (χ4v) is 3.17. The van der Waals surface area contributed by atoms with Gasteiger partial charge in [0, 0.05) is 6.54 Å². The molecule has 3 atom stereocenters. The molecule has 1 aliphatic carbocycles. The highest BCUT2D eigenvalue weighted by Crippen LogP contribution is 2.35. The zero-order valence-electron chi connectivity index (χ0n) is 12.5. The van der Waals surface area contributed by atoms with Crippen LogP contribution in [-0.2, 0) is 20.9 Å². The van der Waals surface area contributed by atoms with Crippen molar-refractivity contribution in [2.24, 2.45) is 11.8 Å². The maximum atomic E-state index is 12.3. The first-order valence-corrected chi connectivity index (χ1v) is 7.42. The summed E-state index contributed by atoms with van der Waals surface area (Å²) in [6, 6.07) is 9.28. The van der Waals surface area contributed by atoms with Crippen LogP contribution in [0.2, 0.25) is 0 Å². The maximum Gasteiger partial charge on any atom is 0.410 e. The summed E-state index contributed by atoms with van der Waals surface area (Å²) in [7, 11) is 1.38. The number of methoxy groups -OCH3 is 1. The van der Waals surface area contributed by atoms with Gasteiger partial charge in [-0.15, -0.1) is 0 Å². The molecule has 1 saturated heterocycles. The Morgan fingerprint density at radius 1 is 1.23 bits per heavy atom. The van der Waals surface area contributed by atoms with Crippen LogP contribution in [0.1, 0.15) is 12.0 Å². The number of hydrogen-bond donors (Lipinski definition) is 0. The monoisotopic (exact) mass is 301 g/mol. The molecule has 0 N–H and O–H groups in total. The van der Waals surface area contributed by atoms with Crippen molar-refractivity contribution in [1.29, 1.82) is 0 Å². The van der Waals surface area contributed by atoms with E-state index in [0.717, 1.165) is 12.0 Å². The molecule has 1 aromatic rings. The van der Waals surface area contributed by atoms with Crippen molar-refractivity contribution in [3.05, 3.63) is 48.0 Å². The highest BCUT2D eigenvalue weighted by molar-refractivity contribution is 5.77. The first-order valence-electron chi connectivity index (χ1n) is 7.42. The maximum absolute atomic E-state index is 12.3. The van der Waals surface area contributed by atoms with Gasteiger partial charge in [0.2, 0.25) is 0 Å². The summed E-state index contributed by atoms with van der Waals surface area (Å²) in [6.07, 6.45) is 4.35. The number of amides is 1. The quantitative estimate of drug-likeness (QED) is 0.635. The van der Waals surface area contributed by atoms with Gasteiger partial charge in [-0.2, -0.15) is 0 Å². The van der Waals surface area contributed by atoms with Crippen molar-refractivity contribution in [3.63, 3.8) is 0 Å². The standard InChI is InChI=1S/C17H19NO4/c1-21-16(19)14-9-13-7-8-15(14)18(10-13)17(20)22-11-12-5-3-2-4-6-12/h2-8,13-15H,9-11H2,1H3/t13-,14+,15+/m0/s1. The Kier molecular flexibility index (Phi) is 4.13. The number of nitrogens with zero attached hydrogens (tertiary/aromatic N) is 1. The second-order valence-electron chi connectivity index (χ2n) is 5.69. The first kappa shape index (κ1) is 14.6. The van der Waals surface area contributed by atoms with Crippen LogP contribution < -0.4 is 0 Å². The van der Waals surface area contributed by atoms with Crippen LogP contribution in [-0.4, -0.2) is 36.7 Å². The van der Waals surface area contributed by atoms with Crippen molar-refractivity contribution in [2.45, 2.75) is 19.1 Å². The summed E-state index contributed by atoms with van der Waals surface area (Å²) in [6.45, 7) is 0.836. The molecule has 5 heteroatoms. The molecule has 4 rings (SSSR count). The topological polar surface area (TPSA) is 55.8 Å². The van der Waals surface area contributed by atoms with Crippen LogP contribution in [0.4, 0.5) is 4.79 Å². The van der Waals surface area contributed by atoms with E-state index in [1.165, 1.54) is 7.11 Å². The van der Waals surface area contributed by atoms with Gasteiger partial charge >= 0.3 is 12.1 Å². The second kappa shape index (κ2) is 6.22. The largest absolute Gasteiger partial charge is 0.469 e. The Bertz CT molecular complexity index is 584. The lowest BCUT2D eigenvalue weighted by Gasteiger charge is -2.44. The van der Waals surface area contributed by atoms with Crippen molar-refractivity contribution < 1.29 is 19.1 Å². The van der Waals surface area contributed by atoms with Crippen molar-refractivity contribution >= 4 is 12.1 Å². The Labute approximate surface area is 129 Å². The molecule has 0 aromatic heterocycles. The van der Waals surface area contributed by atoms with Gasteiger partial charge in [0.25, 0.3) is 0 Å². The van der Waals surface area contributed by atoms with Crippen molar-refractivity contribution in [3.8, 4) is 0 Å². The van der Waals surface area contributed by atoms with Gasteiger partial charge in [-0.05, 0) is 17.9 Å². The fraction of sp³-hybridized carbons (Fsp3) is 0.412. The number of fused-ring (bicyclic) bond motifs is 2. The summed E-state index contributed by atoms with van der Waals surface area (Å²) >= 11 is 0. The van der Waals surface area contributed by atoms with Crippen LogP contribution in [0, 0.1) is 11.8 Å². The normalized spacial score (nSPS) is 25.9. The minimum atomic E-state index is -0.378. The average molecular weight is 301 g/mol. The Balaban J connectivity index is 1.65. The van der Waals surface area contributed by atoms with E-state index in [0.29, 0.717) is 6.54 Å². The number of rotatable bonds is 3. The third-order valence-corrected chi connectivity index (χ3v) is 4.28. The number of carbonyl (C=O) groups excluding carboxylic acids is 2. The zero-order valence-corrected chi connectivity index (χ0v) is 12.5. The lowest BCUT2D eigenvalue weighted by molar-refractivity contribution is -0.149. The van der Waals surface area contributed by atoms with Crippen LogP contribution in [0.25, 0.3) is 0 Å². The van der Waals surface area contributed by atoms with Gasteiger partial charge in [0.05, 0.1) is 19.1 Å². The minimum absolute atomic E-state index is 0.193. The molecule has 116 valence electrons. The Morgan fingerprint density at radius 3 is 2.68 bits per heavy atom. The van der Waals surface area contributed by atoms with Gasteiger partial charge in [-0.3, -0.25) is 4.79 Å². The van der Waals surface area contributed by atoms with E-state index < -0.39 is 0 Å². The summed E-state index contributed by atoms with van der Waals surface area (Å²) < 4.78 is 10.2. The van der Waals surface area contributed by atoms with Gasteiger partial charge in [-0.25, -0.2) is 4.79 Å². The molecule has 0 unspecified atom stereocenters. The SMILES string of the molecule is COC(=O)[C@@H]1C[C@@H]2C=C[C@H]1N(C(=O)OCc1ccccc1)C2. The van der Waals surface area contributed by atoms with E-state index in [1.54, 1.807) is 4.90 Å². The van der Waals surface area contributed by atoms with E-state index >= 15 is 0 Å². The van der Waals surface area contributed by atoms with Gasteiger partial charge in [0.15, 0.2) is 0 Å². The Morgan fingerprint density at radius 2 is 2.00 bits per heavy atom. The molecule has 1 aromatic carbocycles. The highest BCUT2D eigenvalue weighted by Gasteiger charge is 2.44. The fourth-order valence-electron chi connectivity index (χ4n) is 3.17. The molecule has 2 bridgehead atoms. The van der Waals surface area contributed by atoms with E-state index in [1.807, 2.05) is 36.4 Å². The molecule has 22 heavy (non-hydrogen) atoms. The molecule has 1 amide bonds. The predicted molar refractivity (Wildman–Crippen MR) is 79.9 cm³/mol. The number of hydrogen-bond acceptors (Lipinski definition) is 4. The van der Waals surface area contributed by atoms with Crippen molar-refractivity contribution in [2.75, 3.05) is 13.7 Å².